The van der Waals surface area contributed by atoms with Gasteiger partial charge in [0.25, 0.3) is 0 Å². The molecular weight excluding hydrogens is 307 g/mol. The summed E-state index contributed by atoms with van der Waals surface area (Å²) in [4.78, 5) is 16.2. The first-order chi connectivity index (χ1) is 10.6. The summed E-state index contributed by atoms with van der Waals surface area (Å²) in [6, 6.07) is 4.19. The number of hydrogen-bond acceptors (Lipinski definition) is 2. The molecule has 0 aromatic heterocycles. The number of piperazine rings is 1. The predicted octanol–water partition coefficient (Wildman–Crippen LogP) is 3.65. The van der Waals surface area contributed by atoms with Gasteiger partial charge in [-0.1, -0.05) is 0 Å². The third kappa shape index (κ3) is 4.60. The molecule has 128 valence electrons. The molecule has 7 heteroatoms. The fraction of sp³-hybridized carbons (Fsp3) is 0.562. The van der Waals surface area contributed by atoms with E-state index < -0.39 is 11.7 Å². The van der Waals surface area contributed by atoms with Crippen molar-refractivity contribution in [2.75, 3.05) is 31.5 Å². The predicted molar refractivity (Wildman–Crippen MR) is 83.4 cm³/mol. The lowest BCUT2D eigenvalue weighted by Crippen LogP contribution is -2.55. The molecule has 2 amide bonds. The highest BCUT2D eigenvalue weighted by Gasteiger charge is 2.30. The van der Waals surface area contributed by atoms with E-state index in [1.54, 1.807) is 4.90 Å². The summed E-state index contributed by atoms with van der Waals surface area (Å²) >= 11 is 0. The van der Waals surface area contributed by atoms with Gasteiger partial charge in [-0.2, -0.15) is 13.2 Å². The molecule has 0 saturated carbocycles. The van der Waals surface area contributed by atoms with Gasteiger partial charge in [0.1, 0.15) is 0 Å². The molecule has 1 aliphatic rings. The van der Waals surface area contributed by atoms with E-state index in [2.05, 4.69) is 31.0 Å². The number of carbonyl (C=O) groups is 1. The number of amides is 2. The van der Waals surface area contributed by atoms with Crippen molar-refractivity contribution in [3.63, 3.8) is 0 Å². The molecule has 1 aromatic rings. The zero-order chi connectivity index (χ0) is 17.3. The van der Waals surface area contributed by atoms with Crippen molar-refractivity contribution >= 4 is 11.7 Å². The number of alkyl halides is 3. The average Bonchev–Trinajstić information content (AvgIpc) is 2.46. The van der Waals surface area contributed by atoms with Crippen LogP contribution in [0.1, 0.15) is 26.3 Å². The first kappa shape index (κ1) is 17.6. The molecule has 0 aliphatic carbocycles. The van der Waals surface area contributed by atoms with Crippen LogP contribution in [0.3, 0.4) is 0 Å². The van der Waals surface area contributed by atoms with Gasteiger partial charge in [-0.05, 0) is 45.0 Å². The zero-order valence-electron chi connectivity index (χ0n) is 13.6. The second-order valence-corrected chi connectivity index (χ2v) is 6.65. The summed E-state index contributed by atoms with van der Waals surface area (Å²) in [5.74, 6) is 0. The highest BCUT2D eigenvalue weighted by atomic mass is 19.4. The molecule has 1 heterocycles. The van der Waals surface area contributed by atoms with Crippen molar-refractivity contribution in [2.24, 2.45) is 0 Å². The molecule has 1 aromatic carbocycles. The third-order valence-corrected chi connectivity index (χ3v) is 3.98. The van der Waals surface area contributed by atoms with Crippen LogP contribution in [0.4, 0.5) is 23.7 Å². The molecule has 0 spiro atoms. The van der Waals surface area contributed by atoms with Crippen LogP contribution in [0.15, 0.2) is 24.3 Å². The number of halogens is 3. The minimum atomic E-state index is -4.37. The van der Waals surface area contributed by atoms with Crippen LogP contribution in [0, 0.1) is 0 Å². The molecule has 0 bridgehead atoms. The fourth-order valence-corrected chi connectivity index (χ4v) is 2.53. The Labute approximate surface area is 134 Å². The summed E-state index contributed by atoms with van der Waals surface area (Å²) in [5.41, 5.74) is -0.300. The lowest BCUT2D eigenvalue weighted by Gasteiger charge is -2.42. The molecule has 1 aliphatic heterocycles. The van der Waals surface area contributed by atoms with E-state index in [1.165, 1.54) is 12.1 Å². The highest BCUT2D eigenvalue weighted by Crippen LogP contribution is 2.29. The van der Waals surface area contributed by atoms with E-state index >= 15 is 0 Å². The van der Waals surface area contributed by atoms with Crippen molar-refractivity contribution < 1.29 is 18.0 Å². The van der Waals surface area contributed by atoms with Crippen LogP contribution < -0.4 is 5.32 Å². The molecule has 1 fully saturated rings. The Morgan fingerprint density at radius 3 is 1.96 bits per heavy atom. The van der Waals surface area contributed by atoms with Gasteiger partial charge in [-0.15, -0.1) is 0 Å². The van der Waals surface area contributed by atoms with E-state index in [4.69, 9.17) is 0 Å². The van der Waals surface area contributed by atoms with Gasteiger partial charge in [0.15, 0.2) is 0 Å². The number of rotatable bonds is 1. The molecule has 23 heavy (non-hydrogen) atoms. The standard InChI is InChI=1S/C16H22F3N3O/c1-15(2,3)22-10-8-21(9-11-22)14(23)20-13-6-4-12(5-7-13)16(17,18)19/h4-7H,8-11H2,1-3H3,(H,20,23). The van der Waals surface area contributed by atoms with E-state index in [-0.39, 0.29) is 11.6 Å². The fourth-order valence-electron chi connectivity index (χ4n) is 2.53. The molecule has 0 unspecified atom stereocenters. The highest BCUT2D eigenvalue weighted by molar-refractivity contribution is 5.89. The second-order valence-electron chi connectivity index (χ2n) is 6.65. The van der Waals surface area contributed by atoms with Gasteiger partial charge in [-0.3, -0.25) is 4.90 Å². The molecule has 1 saturated heterocycles. The maximum Gasteiger partial charge on any atom is 0.416 e. The number of urea groups is 1. The van der Waals surface area contributed by atoms with Gasteiger partial charge < -0.3 is 10.2 Å². The number of anilines is 1. The van der Waals surface area contributed by atoms with Crippen molar-refractivity contribution in [3.05, 3.63) is 29.8 Å². The summed E-state index contributed by atoms with van der Waals surface area (Å²) in [7, 11) is 0. The van der Waals surface area contributed by atoms with Crippen LogP contribution in [0.5, 0.6) is 0 Å². The minimum Gasteiger partial charge on any atom is -0.322 e. The summed E-state index contributed by atoms with van der Waals surface area (Å²) in [5, 5.41) is 2.64. The number of benzene rings is 1. The van der Waals surface area contributed by atoms with Crippen LogP contribution in [-0.2, 0) is 6.18 Å². The number of hydrogen-bond donors (Lipinski definition) is 1. The molecule has 4 nitrogen and oxygen atoms in total. The van der Waals surface area contributed by atoms with Gasteiger partial charge >= 0.3 is 12.2 Å². The summed E-state index contributed by atoms with van der Waals surface area (Å²) in [6.07, 6.45) is -4.37. The monoisotopic (exact) mass is 329 g/mol. The van der Waals surface area contributed by atoms with Gasteiger partial charge in [0.05, 0.1) is 5.56 Å². The molecular formula is C16H22F3N3O. The average molecular weight is 329 g/mol. The van der Waals surface area contributed by atoms with Crippen LogP contribution in [0.2, 0.25) is 0 Å². The maximum atomic E-state index is 12.5. The van der Waals surface area contributed by atoms with Crippen LogP contribution in [0.25, 0.3) is 0 Å². The van der Waals surface area contributed by atoms with E-state index in [9.17, 15) is 18.0 Å². The Bertz CT molecular complexity index is 541. The Balaban J connectivity index is 1.91. The normalized spacial score (nSPS) is 17.2. The summed E-state index contributed by atoms with van der Waals surface area (Å²) < 4.78 is 37.5. The third-order valence-electron chi connectivity index (χ3n) is 3.98. The first-order valence-corrected chi connectivity index (χ1v) is 7.55. The Kier molecular flexibility index (Phi) is 4.89. The van der Waals surface area contributed by atoms with Crippen LogP contribution in [-0.4, -0.2) is 47.5 Å². The van der Waals surface area contributed by atoms with Crippen LogP contribution >= 0.6 is 0 Å². The number of nitrogens with one attached hydrogen (secondary N) is 1. The SMILES string of the molecule is CC(C)(C)N1CCN(C(=O)Nc2ccc(C(F)(F)F)cc2)CC1. The topological polar surface area (TPSA) is 35.6 Å². The quantitative estimate of drug-likeness (QED) is 0.853. The first-order valence-electron chi connectivity index (χ1n) is 7.55. The number of carbonyl (C=O) groups excluding carboxylic acids is 1. The maximum absolute atomic E-state index is 12.5. The van der Waals surface area contributed by atoms with Crippen molar-refractivity contribution in [1.82, 2.24) is 9.80 Å². The minimum absolute atomic E-state index is 0.0655. The summed E-state index contributed by atoms with van der Waals surface area (Å²) in [6.45, 7) is 9.15. The zero-order valence-corrected chi connectivity index (χ0v) is 13.6. The van der Waals surface area contributed by atoms with Gasteiger partial charge in [0.2, 0.25) is 0 Å². The molecule has 0 radical (unpaired) electrons. The van der Waals surface area contributed by atoms with E-state index in [0.29, 0.717) is 18.8 Å². The molecule has 0 atom stereocenters. The van der Waals surface area contributed by atoms with Gasteiger partial charge in [0, 0.05) is 37.4 Å². The number of nitrogens with zero attached hydrogens (tertiary/aromatic N) is 2. The lowest BCUT2D eigenvalue weighted by atomic mass is 10.1. The largest absolute Gasteiger partial charge is 0.416 e. The molecule has 2 rings (SSSR count). The Morgan fingerprint density at radius 2 is 1.52 bits per heavy atom. The van der Waals surface area contributed by atoms with Crippen molar-refractivity contribution in [3.8, 4) is 0 Å². The smallest absolute Gasteiger partial charge is 0.322 e. The second kappa shape index (κ2) is 6.39. The van der Waals surface area contributed by atoms with Crippen molar-refractivity contribution in [2.45, 2.75) is 32.5 Å². The van der Waals surface area contributed by atoms with Gasteiger partial charge in [-0.25, -0.2) is 4.79 Å². The van der Waals surface area contributed by atoms with E-state index in [1.807, 2.05) is 0 Å². The van der Waals surface area contributed by atoms with Crippen molar-refractivity contribution in [1.29, 1.82) is 0 Å². The Hall–Kier alpha value is -1.76. The molecule has 1 N–H and O–H groups in total. The Morgan fingerprint density at radius 1 is 1.00 bits per heavy atom. The van der Waals surface area contributed by atoms with E-state index in [0.717, 1.165) is 25.2 Å². The lowest BCUT2D eigenvalue weighted by molar-refractivity contribution is -0.137.